The van der Waals surface area contributed by atoms with Crippen LogP contribution in [0.5, 0.6) is 0 Å². The molecule has 0 unspecified atom stereocenters. The molecule has 0 bridgehead atoms. The Bertz CT molecular complexity index is 358. The van der Waals surface area contributed by atoms with E-state index in [1.165, 1.54) is 31.4 Å². The Morgan fingerprint density at radius 1 is 1.29 bits per heavy atom. The van der Waals surface area contributed by atoms with Crippen molar-refractivity contribution in [3.05, 3.63) is 29.8 Å². The van der Waals surface area contributed by atoms with Crippen LogP contribution >= 0.6 is 0 Å². The van der Waals surface area contributed by atoms with Crippen molar-refractivity contribution in [1.29, 1.82) is 0 Å². The normalized spacial score (nSPS) is 18.3. The van der Waals surface area contributed by atoms with Crippen LogP contribution in [0.15, 0.2) is 24.3 Å². The van der Waals surface area contributed by atoms with Crippen molar-refractivity contribution in [1.82, 2.24) is 0 Å². The topological polar surface area (TPSA) is 23.5 Å². The lowest BCUT2D eigenvalue weighted by atomic mass is 10.0. The van der Waals surface area contributed by atoms with E-state index in [-0.39, 0.29) is 6.10 Å². The van der Waals surface area contributed by atoms with Gasteiger partial charge in [0.1, 0.15) is 0 Å². The monoisotopic (exact) mass is 233 g/mol. The van der Waals surface area contributed by atoms with Gasteiger partial charge in [-0.25, -0.2) is 0 Å². The van der Waals surface area contributed by atoms with Gasteiger partial charge in [-0.05, 0) is 25.3 Å². The molecule has 1 saturated carbocycles. The molecule has 17 heavy (non-hydrogen) atoms. The van der Waals surface area contributed by atoms with Crippen LogP contribution < -0.4 is 4.90 Å². The van der Waals surface area contributed by atoms with Crippen molar-refractivity contribution in [2.75, 3.05) is 11.9 Å². The minimum absolute atomic E-state index is 0.338. The van der Waals surface area contributed by atoms with E-state index in [0.29, 0.717) is 6.04 Å². The van der Waals surface area contributed by atoms with E-state index >= 15 is 0 Å². The summed E-state index contributed by atoms with van der Waals surface area (Å²) in [4.78, 5) is 2.36. The summed E-state index contributed by atoms with van der Waals surface area (Å²) in [7, 11) is 2.16. The Hall–Kier alpha value is -1.02. The molecule has 2 heteroatoms. The van der Waals surface area contributed by atoms with Gasteiger partial charge in [0, 0.05) is 24.3 Å². The molecule has 2 rings (SSSR count). The highest BCUT2D eigenvalue weighted by molar-refractivity contribution is 5.55. The summed E-state index contributed by atoms with van der Waals surface area (Å²) >= 11 is 0. The van der Waals surface area contributed by atoms with E-state index in [0.717, 1.165) is 12.0 Å². The average molecular weight is 233 g/mol. The largest absolute Gasteiger partial charge is 0.388 e. The van der Waals surface area contributed by atoms with Gasteiger partial charge in [0.2, 0.25) is 0 Å². The SMILES string of the molecule is CC[C@H](O)c1ccccc1N(C)C1CCCC1. The van der Waals surface area contributed by atoms with Crippen LogP contribution in [-0.2, 0) is 0 Å². The molecule has 0 radical (unpaired) electrons. The highest BCUT2D eigenvalue weighted by Crippen LogP contribution is 2.32. The Balaban J connectivity index is 2.24. The second-order valence-corrected chi connectivity index (χ2v) is 5.03. The van der Waals surface area contributed by atoms with Gasteiger partial charge in [0.05, 0.1) is 6.10 Å². The van der Waals surface area contributed by atoms with Crippen LogP contribution in [0.1, 0.15) is 50.7 Å². The predicted octanol–water partition coefficient (Wildman–Crippen LogP) is 3.51. The summed E-state index contributed by atoms with van der Waals surface area (Å²) in [6.45, 7) is 2.02. The molecule has 1 aromatic rings. The van der Waals surface area contributed by atoms with Gasteiger partial charge < -0.3 is 10.0 Å². The highest BCUT2D eigenvalue weighted by Gasteiger charge is 2.22. The molecule has 2 nitrogen and oxygen atoms in total. The number of hydrogen-bond donors (Lipinski definition) is 1. The molecule has 0 aliphatic heterocycles. The fourth-order valence-corrected chi connectivity index (χ4v) is 2.80. The lowest BCUT2D eigenvalue weighted by Crippen LogP contribution is -2.29. The van der Waals surface area contributed by atoms with Crippen LogP contribution in [0.3, 0.4) is 0 Å². The predicted molar refractivity (Wildman–Crippen MR) is 72.4 cm³/mol. The Morgan fingerprint density at radius 3 is 2.59 bits per heavy atom. The van der Waals surface area contributed by atoms with Gasteiger partial charge in [-0.15, -0.1) is 0 Å². The zero-order valence-electron chi connectivity index (χ0n) is 10.9. The lowest BCUT2D eigenvalue weighted by molar-refractivity contribution is 0.174. The zero-order valence-corrected chi connectivity index (χ0v) is 10.9. The van der Waals surface area contributed by atoms with E-state index in [4.69, 9.17) is 0 Å². The van der Waals surface area contributed by atoms with Gasteiger partial charge in [-0.2, -0.15) is 0 Å². The molecule has 0 amide bonds. The molecule has 1 aliphatic carbocycles. The Kier molecular flexibility index (Phi) is 4.06. The van der Waals surface area contributed by atoms with Gasteiger partial charge >= 0.3 is 0 Å². The van der Waals surface area contributed by atoms with Crippen molar-refractivity contribution in [3.8, 4) is 0 Å². The Morgan fingerprint density at radius 2 is 1.94 bits per heavy atom. The third-order valence-corrected chi connectivity index (χ3v) is 3.93. The van der Waals surface area contributed by atoms with Gasteiger partial charge in [-0.1, -0.05) is 38.0 Å². The second-order valence-electron chi connectivity index (χ2n) is 5.03. The molecule has 1 atom stereocenters. The first-order valence-corrected chi connectivity index (χ1v) is 6.74. The maximum Gasteiger partial charge on any atom is 0.0807 e. The first-order chi connectivity index (χ1) is 8.24. The number of anilines is 1. The molecule has 1 aromatic carbocycles. The molecule has 1 fully saturated rings. The Labute approximate surface area is 104 Å². The highest BCUT2D eigenvalue weighted by atomic mass is 16.3. The van der Waals surface area contributed by atoms with Crippen molar-refractivity contribution in [3.63, 3.8) is 0 Å². The summed E-state index contributed by atoms with van der Waals surface area (Å²) in [6, 6.07) is 8.91. The van der Waals surface area contributed by atoms with Crippen molar-refractivity contribution >= 4 is 5.69 Å². The fourth-order valence-electron chi connectivity index (χ4n) is 2.80. The van der Waals surface area contributed by atoms with Crippen molar-refractivity contribution in [2.24, 2.45) is 0 Å². The summed E-state index contributed by atoms with van der Waals surface area (Å²) < 4.78 is 0. The molecule has 0 saturated heterocycles. The van der Waals surface area contributed by atoms with Crippen molar-refractivity contribution < 1.29 is 5.11 Å². The summed E-state index contributed by atoms with van der Waals surface area (Å²) in [6.07, 6.45) is 5.69. The van der Waals surface area contributed by atoms with Crippen LogP contribution in [-0.4, -0.2) is 18.2 Å². The van der Waals surface area contributed by atoms with E-state index in [9.17, 15) is 5.11 Å². The fraction of sp³-hybridized carbons (Fsp3) is 0.600. The minimum Gasteiger partial charge on any atom is -0.388 e. The molecular weight excluding hydrogens is 210 g/mol. The van der Waals surface area contributed by atoms with Crippen LogP contribution in [0.2, 0.25) is 0 Å². The van der Waals surface area contributed by atoms with E-state index < -0.39 is 0 Å². The molecule has 0 aromatic heterocycles. The molecule has 1 N–H and O–H groups in total. The maximum atomic E-state index is 10.1. The molecule has 1 aliphatic rings. The number of aliphatic hydroxyl groups excluding tert-OH is 1. The first kappa shape index (κ1) is 12.4. The van der Waals surface area contributed by atoms with Crippen LogP contribution in [0.25, 0.3) is 0 Å². The third kappa shape index (κ3) is 2.63. The zero-order chi connectivity index (χ0) is 12.3. The smallest absolute Gasteiger partial charge is 0.0807 e. The average Bonchev–Trinajstić information content (AvgIpc) is 2.91. The number of aliphatic hydroxyl groups is 1. The molecular formula is C15H23NO. The van der Waals surface area contributed by atoms with E-state index in [1.54, 1.807) is 0 Å². The molecule has 0 spiro atoms. The summed E-state index contributed by atoms with van der Waals surface area (Å²) in [5.74, 6) is 0. The lowest BCUT2D eigenvalue weighted by Gasteiger charge is -2.29. The van der Waals surface area contributed by atoms with Gasteiger partial charge in [0.25, 0.3) is 0 Å². The standard InChI is InChI=1S/C15H23NO/c1-3-15(17)13-10-6-7-11-14(13)16(2)12-8-4-5-9-12/h6-7,10-12,15,17H,3-5,8-9H2,1-2H3/t15-/m0/s1. The van der Waals surface area contributed by atoms with Crippen molar-refractivity contribution in [2.45, 2.75) is 51.2 Å². The van der Waals surface area contributed by atoms with Gasteiger partial charge in [-0.3, -0.25) is 0 Å². The molecule has 94 valence electrons. The number of benzene rings is 1. The van der Waals surface area contributed by atoms with Crippen LogP contribution in [0.4, 0.5) is 5.69 Å². The summed E-state index contributed by atoms with van der Waals surface area (Å²) in [5, 5.41) is 10.1. The second kappa shape index (κ2) is 5.54. The quantitative estimate of drug-likeness (QED) is 0.860. The number of nitrogens with zero attached hydrogens (tertiary/aromatic N) is 1. The number of hydrogen-bond acceptors (Lipinski definition) is 2. The number of rotatable bonds is 4. The van der Waals surface area contributed by atoms with E-state index in [1.807, 2.05) is 13.0 Å². The number of para-hydroxylation sites is 1. The first-order valence-electron chi connectivity index (χ1n) is 6.74. The maximum absolute atomic E-state index is 10.1. The van der Waals surface area contributed by atoms with E-state index in [2.05, 4.69) is 30.1 Å². The minimum atomic E-state index is -0.338. The summed E-state index contributed by atoms with van der Waals surface area (Å²) in [5.41, 5.74) is 2.28. The third-order valence-electron chi connectivity index (χ3n) is 3.93. The van der Waals surface area contributed by atoms with Gasteiger partial charge in [0.15, 0.2) is 0 Å². The van der Waals surface area contributed by atoms with Crippen LogP contribution in [0, 0.1) is 0 Å². The molecule has 0 heterocycles.